The van der Waals surface area contributed by atoms with Crippen LogP contribution in [0.5, 0.6) is 0 Å². The molecule has 1 aliphatic rings. The highest BCUT2D eigenvalue weighted by molar-refractivity contribution is 7.87. The van der Waals surface area contributed by atoms with E-state index in [9.17, 15) is 31.7 Å². The molecule has 1 aliphatic heterocycles. The highest BCUT2D eigenvalue weighted by atomic mass is 35.5. The predicted molar refractivity (Wildman–Crippen MR) is 89.2 cm³/mol. The van der Waals surface area contributed by atoms with Crippen LogP contribution in [-0.2, 0) is 16.4 Å². The Labute approximate surface area is 152 Å². The van der Waals surface area contributed by atoms with Gasteiger partial charge in [0.05, 0.1) is 15.5 Å². The van der Waals surface area contributed by atoms with Gasteiger partial charge in [0.25, 0.3) is 15.9 Å². The summed E-state index contributed by atoms with van der Waals surface area (Å²) in [5, 5.41) is 15.5. The van der Waals surface area contributed by atoms with E-state index >= 15 is 0 Å². The first-order valence-corrected chi connectivity index (χ1v) is 9.38. The van der Waals surface area contributed by atoms with Gasteiger partial charge in [-0.05, 0) is 24.8 Å². The lowest BCUT2D eigenvalue weighted by Crippen LogP contribution is -2.42. The molecule has 2 rings (SSSR count). The summed E-state index contributed by atoms with van der Waals surface area (Å²) in [5.41, 5.74) is -2.02. The average molecular weight is 417 g/mol. The second-order valence-electron chi connectivity index (χ2n) is 5.92. The summed E-state index contributed by atoms with van der Waals surface area (Å²) >= 11 is 5.69. The minimum absolute atomic E-state index is 0.0253. The van der Waals surface area contributed by atoms with Crippen LogP contribution in [0, 0.1) is 16.0 Å². The molecule has 1 aromatic rings. The maximum Gasteiger partial charge on any atom is 0.418 e. The highest BCUT2D eigenvalue weighted by Crippen LogP contribution is 2.42. The number of alkyl halides is 3. The Morgan fingerprint density at radius 2 is 2.08 bits per heavy atom. The molecular formula is C13H16ClF3N4O4S. The van der Waals surface area contributed by atoms with E-state index in [0.717, 1.165) is 6.07 Å². The molecule has 1 unspecified atom stereocenters. The lowest BCUT2D eigenvalue weighted by atomic mass is 9.97. The van der Waals surface area contributed by atoms with E-state index in [1.54, 1.807) is 0 Å². The van der Waals surface area contributed by atoms with Gasteiger partial charge in [-0.3, -0.25) is 10.1 Å². The number of rotatable bonds is 5. The number of halogens is 4. The molecule has 8 nitrogen and oxygen atoms in total. The molecule has 1 fully saturated rings. The molecule has 3 N–H and O–H groups in total. The lowest BCUT2D eigenvalue weighted by molar-refractivity contribution is -0.384. The molecule has 0 amide bonds. The molecule has 26 heavy (non-hydrogen) atoms. The first kappa shape index (κ1) is 20.7. The van der Waals surface area contributed by atoms with Gasteiger partial charge in [-0.1, -0.05) is 11.6 Å². The zero-order valence-corrected chi connectivity index (χ0v) is 14.9. The van der Waals surface area contributed by atoms with Crippen molar-refractivity contribution in [2.75, 3.05) is 24.5 Å². The van der Waals surface area contributed by atoms with Gasteiger partial charge in [0.15, 0.2) is 0 Å². The minimum atomic E-state index is -4.82. The number of nitrogens with zero attached hydrogens (tertiary/aromatic N) is 2. The summed E-state index contributed by atoms with van der Waals surface area (Å²) in [6, 6.07) is 1.35. The van der Waals surface area contributed by atoms with E-state index in [1.807, 2.05) is 0 Å². The van der Waals surface area contributed by atoms with Gasteiger partial charge < -0.3 is 4.90 Å². The zero-order valence-electron chi connectivity index (χ0n) is 13.3. The van der Waals surface area contributed by atoms with Gasteiger partial charge in [-0.15, -0.1) is 0 Å². The van der Waals surface area contributed by atoms with Crippen LogP contribution >= 0.6 is 11.6 Å². The fraction of sp³-hybridized carbons (Fsp3) is 0.538. The fourth-order valence-electron chi connectivity index (χ4n) is 2.85. The molecule has 146 valence electrons. The van der Waals surface area contributed by atoms with Gasteiger partial charge in [0.1, 0.15) is 5.69 Å². The van der Waals surface area contributed by atoms with E-state index < -0.39 is 37.6 Å². The summed E-state index contributed by atoms with van der Waals surface area (Å²) < 4.78 is 63.0. The Morgan fingerprint density at radius 3 is 2.62 bits per heavy atom. The summed E-state index contributed by atoms with van der Waals surface area (Å²) in [5.74, 6) is -0.206. The van der Waals surface area contributed by atoms with Gasteiger partial charge in [0, 0.05) is 25.7 Å². The number of benzene rings is 1. The summed E-state index contributed by atoms with van der Waals surface area (Å²) in [7, 11) is -3.88. The third-order valence-electron chi connectivity index (χ3n) is 4.00. The average Bonchev–Trinajstić information content (AvgIpc) is 2.51. The number of nitrogens with two attached hydrogens (primary N) is 1. The van der Waals surface area contributed by atoms with Crippen LogP contribution in [-0.4, -0.2) is 33.0 Å². The first-order chi connectivity index (χ1) is 11.9. The van der Waals surface area contributed by atoms with Gasteiger partial charge in [0.2, 0.25) is 0 Å². The Morgan fingerprint density at radius 1 is 1.42 bits per heavy atom. The third kappa shape index (κ3) is 5.19. The lowest BCUT2D eigenvalue weighted by Gasteiger charge is -2.34. The Bertz CT molecular complexity index is 803. The number of anilines is 1. The largest absolute Gasteiger partial charge is 0.418 e. The van der Waals surface area contributed by atoms with Crippen molar-refractivity contribution in [2.24, 2.45) is 11.1 Å². The number of hydrogen-bond donors (Lipinski definition) is 2. The van der Waals surface area contributed by atoms with Gasteiger partial charge in [-0.25, -0.2) is 9.86 Å². The van der Waals surface area contributed by atoms with Crippen molar-refractivity contribution >= 4 is 33.2 Å². The fourth-order valence-corrected chi connectivity index (χ4v) is 3.59. The van der Waals surface area contributed by atoms with E-state index in [2.05, 4.69) is 4.72 Å². The maximum atomic E-state index is 12.9. The van der Waals surface area contributed by atoms with Gasteiger partial charge >= 0.3 is 6.18 Å². The molecule has 0 aliphatic carbocycles. The molecule has 1 saturated heterocycles. The number of nitro benzene ring substituents is 1. The number of nitrogens with one attached hydrogen (secondary N) is 1. The third-order valence-corrected chi connectivity index (χ3v) is 4.88. The van der Waals surface area contributed by atoms with Crippen molar-refractivity contribution in [2.45, 2.75) is 19.0 Å². The van der Waals surface area contributed by atoms with Crippen LogP contribution in [0.1, 0.15) is 18.4 Å². The van der Waals surface area contributed by atoms with E-state index in [0.29, 0.717) is 25.5 Å². The molecule has 0 radical (unpaired) electrons. The molecule has 0 aromatic heterocycles. The Hall–Kier alpha value is -1.63. The summed E-state index contributed by atoms with van der Waals surface area (Å²) in [6.45, 7) is 0.608. The standard InChI is InChI=1S/C13H16ClF3N4O4S/c14-10-5-11(12(21(22)23)4-9(10)13(15,16)17)20-3-1-2-8(7-20)6-19-26(18,24)25/h4-5,8,19H,1-3,6-7H2,(H2,18,24,25). The topological polar surface area (TPSA) is 119 Å². The zero-order chi connectivity index (χ0) is 19.7. The van der Waals surface area contributed by atoms with Crippen LogP contribution in [0.4, 0.5) is 24.5 Å². The van der Waals surface area contributed by atoms with E-state index in [1.165, 1.54) is 4.90 Å². The highest BCUT2D eigenvalue weighted by Gasteiger charge is 2.37. The van der Waals surface area contributed by atoms with Crippen molar-refractivity contribution in [3.63, 3.8) is 0 Å². The number of hydrogen-bond acceptors (Lipinski definition) is 5. The van der Waals surface area contributed by atoms with Crippen LogP contribution in [0.3, 0.4) is 0 Å². The molecule has 0 saturated carbocycles. The Kier molecular flexibility index (Phi) is 6.00. The molecule has 1 atom stereocenters. The molecule has 0 bridgehead atoms. The summed E-state index contributed by atoms with van der Waals surface area (Å²) in [4.78, 5) is 11.9. The second-order valence-corrected chi connectivity index (χ2v) is 7.71. The monoisotopic (exact) mass is 416 g/mol. The van der Waals surface area contributed by atoms with Crippen LogP contribution in [0.25, 0.3) is 0 Å². The first-order valence-electron chi connectivity index (χ1n) is 7.46. The van der Waals surface area contributed by atoms with Crippen LogP contribution in [0.15, 0.2) is 12.1 Å². The number of nitro groups is 1. The quantitative estimate of drug-likeness (QED) is 0.563. The van der Waals surface area contributed by atoms with Crippen molar-refractivity contribution in [1.29, 1.82) is 0 Å². The smallest absolute Gasteiger partial charge is 0.366 e. The van der Waals surface area contributed by atoms with Crippen molar-refractivity contribution < 1.29 is 26.5 Å². The normalized spacial score (nSPS) is 18.8. The molecule has 0 spiro atoms. The predicted octanol–water partition coefficient (Wildman–Crippen LogP) is 2.28. The van der Waals surface area contributed by atoms with Crippen molar-refractivity contribution in [3.8, 4) is 0 Å². The summed E-state index contributed by atoms with van der Waals surface area (Å²) in [6.07, 6.45) is -3.60. The van der Waals surface area contributed by atoms with Crippen LogP contribution in [0.2, 0.25) is 5.02 Å². The SMILES string of the molecule is NS(=O)(=O)NCC1CCCN(c2cc(Cl)c(C(F)(F)F)cc2[N+](=O)[O-])C1. The van der Waals surface area contributed by atoms with Crippen molar-refractivity contribution in [3.05, 3.63) is 32.8 Å². The van der Waals surface area contributed by atoms with Crippen LogP contribution < -0.4 is 14.8 Å². The van der Waals surface area contributed by atoms with E-state index in [4.69, 9.17) is 16.7 Å². The van der Waals surface area contributed by atoms with E-state index in [-0.39, 0.29) is 24.7 Å². The second kappa shape index (κ2) is 7.55. The van der Waals surface area contributed by atoms with Gasteiger partial charge in [-0.2, -0.15) is 21.6 Å². The maximum absolute atomic E-state index is 12.9. The minimum Gasteiger partial charge on any atom is -0.366 e. The van der Waals surface area contributed by atoms with Crippen molar-refractivity contribution in [1.82, 2.24) is 4.72 Å². The number of piperidine rings is 1. The molecule has 13 heteroatoms. The molecular weight excluding hydrogens is 401 g/mol. The Balaban J connectivity index is 2.32. The molecule has 1 heterocycles. The molecule has 1 aromatic carbocycles.